The van der Waals surface area contributed by atoms with E-state index in [1.54, 1.807) is 19.2 Å². The molecule has 12 unspecified atom stereocenters. The summed E-state index contributed by atoms with van der Waals surface area (Å²) in [6.07, 6.45) is 2.22. The topological polar surface area (TPSA) is 127 Å². The number of halogens is 1. The van der Waals surface area contributed by atoms with Gasteiger partial charge < -0.3 is 34.6 Å². The summed E-state index contributed by atoms with van der Waals surface area (Å²) in [5.74, 6) is -2.66. The largest absolute Gasteiger partial charge is 0.457 e. The van der Waals surface area contributed by atoms with Gasteiger partial charge in [0.1, 0.15) is 23.6 Å². The van der Waals surface area contributed by atoms with Crippen LogP contribution in [0.25, 0.3) is 0 Å². The van der Waals surface area contributed by atoms with Gasteiger partial charge in [-0.15, -0.1) is 0 Å². The fraction of sp³-hybridized carbons (Fsp3) is 0.769. The molecule has 1 aromatic carbocycles. The Morgan fingerprint density at radius 3 is 2.61 bits per heavy atom. The molecule has 2 saturated heterocycles. The number of rotatable bonds is 5. The zero-order valence-electron chi connectivity index (χ0n) is 20.3. The molecule has 4 saturated carbocycles. The number of fused-ring (bicyclic) bond motifs is 6. The minimum absolute atomic E-state index is 0.185. The standard InChI is InChI=1S/C26H33ClO9/c1-12-9-13-5-3-6-14(10-13)24(12)26(32-2,36-35-24)15-7-4-8-16(20(15)27)33-25-19(22(25)30)18-21(29)23(18,31)17(11-28)34-25/h4,7-8,12-14,17-19,21-22,28-31H,3,5-6,9-11H2,1-2H3. The number of aliphatic hydroxyl groups is 4. The molecule has 4 aliphatic carbocycles. The van der Waals surface area contributed by atoms with Crippen LogP contribution in [0.3, 0.4) is 0 Å². The van der Waals surface area contributed by atoms with E-state index in [2.05, 4.69) is 6.92 Å². The van der Waals surface area contributed by atoms with Crippen LogP contribution in [-0.2, 0) is 25.0 Å². The maximum atomic E-state index is 10.8. The molecule has 1 spiro atoms. The summed E-state index contributed by atoms with van der Waals surface area (Å²) in [6, 6.07) is 5.28. The van der Waals surface area contributed by atoms with Crippen molar-refractivity contribution < 1.29 is 44.4 Å². The lowest BCUT2D eigenvalue weighted by molar-refractivity contribution is -0.640. The number of methoxy groups -OCH3 is 1. The summed E-state index contributed by atoms with van der Waals surface area (Å²) < 4.78 is 18.2. The molecule has 2 heterocycles. The van der Waals surface area contributed by atoms with Crippen LogP contribution in [0.1, 0.15) is 44.6 Å². The van der Waals surface area contributed by atoms with E-state index in [4.69, 9.17) is 35.6 Å². The van der Waals surface area contributed by atoms with Crippen LogP contribution >= 0.6 is 11.6 Å². The van der Waals surface area contributed by atoms with E-state index >= 15 is 0 Å². The van der Waals surface area contributed by atoms with E-state index in [1.807, 2.05) is 6.07 Å². The van der Waals surface area contributed by atoms with Crippen LogP contribution in [0, 0.1) is 29.6 Å². The van der Waals surface area contributed by atoms with Crippen molar-refractivity contribution in [3.63, 3.8) is 0 Å². The highest BCUT2D eigenvalue weighted by molar-refractivity contribution is 6.33. The van der Waals surface area contributed by atoms with Gasteiger partial charge in [-0.05, 0) is 43.1 Å². The lowest BCUT2D eigenvalue weighted by Crippen LogP contribution is -2.74. The summed E-state index contributed by atoms with van der Waals surface area (Å²) >= 11 is 6.96. The highest BCUT2D eigenvalue weighted by Crippen LogP contribution is 2.70. The summed E-state index contributed by atoms with van der Waals surface area (Å²) in [4.78, 5) is 11.8. The Morgan fingerprint density at radius 1 is 1.11 bits per heavy atom. The maximum Gasteiger partial charge on any atom is 0.262 e. The number of aliphatic hydroxyl groups excluding tert-OH is 3. The Kier molecular flexibility index (Phi) is 5.05. The van der Waals surface area contributed by atoms with Gasteiger partial charge in [0.05, 0.1) is 23.7 Å². The van der Waals surface area contributed by atoms with E-state index < -0.39 is 59.5 Å². The summed E-state index contributed by atoms with van der Waals surface area (Å²) in [6.45, 7) is 1.66. The van der Waals surface area contributed by atoms with Gasteiger partial charge in [0.2, 0.25) is 5.79 Å². The summed E-state index contributed by atoms with van der Waals surface area (Å²) in [5.41, 5.74) is -1.70. The van der Waals surface area contributed by atoms with Gasteiger partial charge in [-0.3, -0.25) is 0 Å². The van der Waals surface area contributed by atoms with Gasteiger partial charge in [-0.25, -0.2) is 4.89 Å². The molecular weight excluding hydrogens is 492 g/mol. The van der Waals surface area contributed by atoms with Gasteiger partial charge >= 0.3 is 0 Å². The van der Waals surface area contributed by atoms with Gasteiger partial charge in [-0.2, -0.15) is 4.89 Å². The van der Waals surface area contributed by atoms with Crippen LogP contribution in [0.2, 0.25) is 5.02 Å². The third kappa shape index (κ3) is 2.60. The molecule has 0 radical (unpaired) electrons. The SMILES string of the molecule is COC1(c2cccc(OC34OC(CO)C5(O)C(O)C5C3C4O)c2Cl)OOC12C(C)CC1CCCC2C1. The van der Waals surface area contributed by atoms with Gasteiger partial charge in [0, 0.05) is 18.6 Å². The van der Waals surface area contributed by atoms with Crippen molar-refractivity contribution in [1.82, 2.24) is 0 Å². The van der Waals surface area contributed by atoms with Gasteiger partial charge in [0.15, 0.2) is 5.60 Å². The Labute approximate surface area is 214 Å². The molecule has 36 heavy (non-hydrogen) atoms. The Bertz CT molecular complexity index is 1080. The first-order valence-electron chi connectivity index (χ1n) is 13.0. The second-order valence-corrected chi connectivity index (χ2v) is 12.1. The molecule has 2 bridgehead atoms. The van der Waals surface area contributed by atoms with Crippen LogP contribution in [-0.4, -0.2) is 69.4 Å². The fourth-order valence-electron chi connectivity index (χ4n) is 8.39. The van der Waals surface area contributed by atoms with Crippen molar-refractivity contribution in [2.75, 3.05) is 13.7 Å². The molecule has 6 fully saturated rings. The molecule has 10 heteroatoms. The minimum atomic E-state index is -1.59. The second-order valence-electron chi connectivity index (χ2n) is 11.7. The van der Waals surface area contributed by atoms with Gasteiger partial charge in [-0.1, -0.05) is 43.5 Å². The molecule has 7 rings (SSSR count). The number of ether oxygens (including phenoxy) is 3. The third-order valence-corrected chi connectivity index (χ3v) is 10.6. The molecule has 0 aromatic heterocycles. The van der Waals surface area contributed by atoms with E-state index in [0.717, 1.165) is 25.7 Å². The van der Waals surface area contributed by atoms with E-state index in [0.29, 0.717) is 11.5 Å². The average Bonchev–Trinajstić information content (AvgIpc) is 3.63. The second kappa shape index (κ2) is 7.55. The summed E-state index contributed by atoms with van der Waals surface area (Å²) in [7, 11) is 1.60. The lowest BCUT2D eigenvalue weighted by atomic mass is 9.55. The summed E-state index contributed by atoms with van der Waals surface area (Å²) in [5, 5.41) is 41.8. The normalized spacial score (nSPS) is 54.3. The van der Waals surface area contributed by atoms with E-state index in [-0.39, 0.29) is 22.6 Å². The zero-order valence-corrected chi connectivity index (χ0v) is 21.1. The van der Waals surface area contributed by atoms with Crippen molar-refractivity contribution >= 4 is 11.6 Å². The van der Waals surface area contributed by atoms with Crippen molar-refractivity contribution in [3.8, 4) is 5.75 Å². The van der Waals surface area contributed by atoms with Crippen LogP contribution in [0.5, 0.6) is 5.75 Å². The lowest BCUT2D eigenvalue weighted by Gasteiger charge is -2.64. The van der Waals surface area contributed by atoms with Crippen LogP contribution < -0.4 is 4.74 Å². The maximum absolute atomic E-state index is 10.8. The highest BCUT2D eigenvalue weighted by atomic mass is 35.5. The van der Waals surface area contributed by atoms with Crippen molar-refractivity contribution in [2.24, 2.45) is 29.6 Å². The first kappa shape index (κ1) is 24.1. The molecule has 2 aliphatic heterocycles. The molecule has 0 amide bonds. The highest BCUT2D eigenvalue weighted by Gasteiger charge is 2.89. The Hall–Kier alpha value is -1.01. The molecular formula is C26H33ClO9. The first-order valence-corrected chi connectivity index (χ1v) is 13.4. The first-order chi connectivity index (χ1) is 17.2. The van der Waals surface area contributed by atoms with Crippen LogP contribution in [0.15, 0.2) is 18.2 Å². The molecule has 198 valence electrons. The molecule has 6 aliphatic rings. The molecule has 9 nitrogen and oxygen atoms in total. The smallest absolute Gasteiger partial charge is 0.262 e. The number of benzene rings is 1. The van der Waals surface area contributed by atoms with Crippen LogP contribution in [0.4, 0.5) is 0 Å². The predicted octanol–water partition coefficient (Wildman–Crippen LogP) is 1.86. The number of hydrogen-bond acceptors (Lipinski definition) is 9. The molecule has 1 aromatic rings. The minimum Gasteiger partial charge on any atom is -0.457 e. The van der Waals surface area contributed by atoms with Crippen molar-refractivity contribution in [1.29, 1.82) is 0 Å². The number of hydrogen-bond donors (Lipinski definition) is 4. The predicted molar refractivity (Wildman–Crippen MR) is 124 cm³/mol. The zero-order chi connectivity index (χ0) is 25.3. The van der Waals surface area contributed by atoms with Crippen molar-refractivity contribution in [3.05, 3.63) is 28.8 Å². The van der Waals surface area contributed by atoms with Gasteiger partial charge in [0.25, 0.3) is 5.79 Å². The molecule has 12 atom stereocenters. The van der Waals surface area contributed by atoms with E-state index in [1.165, 1.54) is 6.42 Å². The average molecular weight is 525 g/mol. The van der Waals surface area contributed by atoms with Crippen molar-refractivity contribution in [2.45, 2.75) is 80.1 Å². The Balaban J connectivity index is 1.24. The Morgan fingerprint density at radius 2 is 1.92 bits per heavy atom. The molecule has 4 N–H and O–H groups in total. The monoisotopic (exact) mass is 524 g/mol. The fourth-order valence-corrected chi connectivity index (χ4v) is 8.68. The van der Waals surface area contributed by atoms with E-state index in [9.17, 15) is 20.4 Å². The quantitative estimate of drug-likeness (QED) is 0.427. The third-order valence-electron chi connectivity index (χ3n) is 10.2.